The lowest BCUT2D eigenvalue weighted by atomic mass is 9.44. The van der Waals surface area contributed by atoms with Crippen molar-refractivity contribution in [1.29, 1.82) is 0 Å². The highest BCUT2D eigenvalue weighted by molar-refractivity contribution is 7.26. The molecule has 8 aromatic carbocycles. The molecule has 5 heterocycles. The van der Waals surface area contributed by atoms with E-state index in [1.807, 2.05) is 22.7 Å². The lowest BCUT2D eigenvalue weighted by Gasteiger charge is -2.42. The van der Waals surface area contributed by atoms with Crippen LogP contribution >= 0.6 is 22.7 Å². The Morgan fingerprint density at radius 1 is 0.434 bits per heavy atom. The summed E-state index contributed by atoms with van der Waals surface area (Å²) in [5.74, 6) is 0. The van der Waals surface area contributed by atoms with Crippen LogP contribution in [0.25, 0.3) is 90.1 Å². The van der Waals surface area contributed by atoms with Gasteiger partial charge in [-0.3, -0.25) is 0 Å². The third-order valence-electron chi connectivity index (χ3n) is 11.8. The van der Waals surface area contributed by atoms with Crippen molar-refractivity contribution < 1.29 is 0 Å². The summed E-state index contributed by atoms with van der Waals surface area (Å²) in [6, 6.07) is 61.6. The minimum Gasteiger partial charge on any atom is -0.376 e. The van der Waals surface area contributed by atoms with Gasteiger partial charge in [-0.15, -0.1) is 22.7 Å². The fraction of sp³-hybridized carbons (Fsp3) is 0. The summed E-state index contributed by atoms with van der Waals surface area (Å²) in [5, 5.41) is 7.95. The number of rotatable bonds is 2. The van der Waals surface area contributed by atoms with Gasteiger partial charge in [0.2, 0.25) is 0 Å². The molecule has 5 heteroatoms. The quantitative estimate of drug-likeness (QED) is 0.163. The first kappa shape index (κ1) is 28.5. The molecule has 0 fully saturated rings. The van der Waals surface area contributed by atoms with Crippen molar-refractivity contribution in [3.63, 3.8) is 0 Å². The third-order valence-corrected chi connectivity index (χ3v) is 14.0. The summed E-state index contributed by atoms with van der Waals surface area (Å²) in [7, 11) is 0. The Morgan fingerprint density at radius 2 is 1.09 bits per heavy atom. The van der Waals surface area contributed by atoms with E-state index < -0.39 is 0 Å². The standard InChI is InChI=1S/C48H27BN2S2/c1-2-12-29(13-3-1)51-41-27-45-36(31-15-6-11-21-43(31)53-45)26-35(41)37-25-34(28-22-23-32-30-14-5-10-20-42(30)52-44(32)24-28)46-33-16-4-8-18-39(33)50-40-19-9-7-17-38(40)49(51)47(37)48(46)50/h1-27H. The van der Waals surface area contributed by atoms with Crippen molar-refractivity contribution in [2.45, 2.75) is 0 Å². The predicted octanol–water partition coefficient (Wildman–Crippen LogP) is 12.4. The summed E-state index contributed by atoms with van der Waals surface area (Å²) in [6.07, 6.45) is 0. The van der Waals surface area contributed by atoms with Gasteiger partial charge in [-0.05, 0) is 88.3 Å². The summed E-state index contributed by atoms with van der Waals surface area (Å²) < 4.78 is 7.89. The molecule has 0 N–H and O–H groups in total. The van der Waals surface area contributed by atoms with Gasteiger partial charge >= 0.3 is 6.85 Å². The van der Waals surface area contributed by atoms with Crippen LogP contribution in [0, 0.1) is 0 Å². The molecule has 2 aliphatic heterocycles. The number of benzene rings is 8. The van der Waals surface area contributed by atoms with Gasteiger partial charge in [0, 0.05) is 73.7 Å². The molecule has 53 heavy (non-hydrogen) atoms. The van der Waals surface area contributed by atoms with Crippen LogP contribution in [-0.4, -0.2) is 11.4 Å². The van der Waals surface area contributed by atoms with Gasteiger partial charge in [-0.25, -0.2) is 0 Å². The van der Waals surface area contributed by atoms with Crippen molar-refractivity contribution in [2.24, 2.45) is 0 Å². The normalized spacial score (nSPS) is 13.2. The van der Waals surface area contributed by atoms with Crippen LogP contribution in [0.3, 0.4) is 0 Å². The topological polar surface area (TPSA) is 8.17 Å². The van der Waals surface area contributed by atoms with E-state index in [2.05, 4.69) is 173 Å². The second-order valence-corrected chi connectivity index (χ2v) is 16.6. The SMILES string of the molecule is c1ccc(N2B3c4ccccc4-n4c5ccccc5c5c(-c6ccc7c(c6)sc6ccccc67)cc(c3c54)-c3cc4c(cc32)sc2ccccc24)cc1. The first-order valence-corrected chi connectivity index (χ1v) is 19.8. The van der Waals surface area contributed by atoms with E-state index in [0.717, 1.165) is 0 Å². The van der Waals surface area contributed by atoms with Crippen LogP contribution in [-0.2, 0) is 0 Å². The van der Waals surface area contributed by atoms with E-state index in [1.54, 1.807) is 0 Å². The minimum atomic E-state index is 0.00126. The number of hydrogen-bond donors (Lipinski definition) is 0. The summed E-state index contributed by atoms with van der Waals surface area (Å²) in [6.45, 7) is 0.00126. The Kier molecular flexibility index (Phi) is 5.51. The molecule has 0 amide bonds. The van der Waals surface area contributed by atoms with Crippen LogP contribution in [0.1, 0.15) is 0 Å². The smallest absolute Gasteiger partial charge is 0.333 e. The van der Waals surface area contributed by atoms with Gasteiger partial charge in [-0.1, -0.05) is 103 Å². The van der Waals surface area contributed by atoms with E-state index in [4.69, 9.17) is 0 Å². The molecule has 0 unspecified atom stereocenters. The Balaban J connectivity index is 1.23. The largest absolute Gasteiger partial charge is 0.376 e. The van der Waals surface area contributed by atoms with Crippen molar-refractivity contribution in [3.05, 3.63) is 164 Å². The number of anilines is 2. The zero-order chi connectivity index (χ0) is 34.4. The van der Waals surface area contributed by atoms with E-state index in [9.17, 15) is 0 Å². The maximum absolute atomic E-state index is 2.63. The molecule has 0 aliphatic carbocycles. The maximum Gasteiger partial charge on any atom is 0.333 e. The Labute approximate surface area is 313 Å². The third kappa shape index (κ3) is 3.68. The van der Waals surface area contributed by atoms with Crippen LogP contribution in [0.15, 0.2) is 164 Å². The van der Waals surface area contributed by atoms with Crippen LogP contribution in [0.4, 0.5) is 11.4 Å². The van der Waals surface area contributed by atoms with Gasteiger partial charge in [0.25, 0.3) is 0 Å². The molecular formula is C48H27BN2S2. The van der Waals surface area contributed by atoms with Gasteiger partial charge < -0.3 is 9.38 Å². The zero-order valence-corrected chi connectivity index (χ0v) is 30.0. The number of hydrogen-bond acceptors (Lipinski definition) is 3. The highest BCUT2D eigenvalue weighted by Gasteiger charge is 2.44. The lowest BCUT2D eigenvalue weighted by Crippen LogP contribution is -2.60. The minimum absolute atomic E-state index is 0.00126. The molecule has 13 rings (SSSR count). The molecule has 2 aliphatic rings. The second-order valence-electron chi connectivity index (χ2n) is 14.4. The molecule has 11 aromatic rings. The molecule has 3 aromatic heterocycles. The molecule has 0 saturated heterocycles. The van der Waals surface area contributed by atoms with Crippen molar-refractivity contribution in [1.82, 2.24) is 4.57 Å². The highest BCUT2D eigenvalue weighted by atomic mass is 32.1. The van der Waals surface area contributed by atoms with Crippen molar-refractivity contribution in [2.75, 3.05) is 4.81 Å². The number of thiophene rings is 2. The van der Waals surface area contributed by atoms with E-state index in [1.165, 1.54) is 112 Å². The Bertz CT molecular complexity index is 3370. The van der Waals surface area contributed by atoms with E-state index in [0.29, 0.717) is 0 Å². The average Bonchev–Trinajstić information content (AvgIpc) is 3.89. The predicted molar refractivity (Wildman–Crippen MR) is 231 cm³/mol. The van der Waals surface area contributed by atoms with E-state index >= 15 is 0 Å². The molecule has 0 radical (unpaired) electrons. The van der Waals surface area contributed by atoms with Crippen LogP contribution in [0.5, 0.6) is 0 Å². The molecule has 244 valence electrons. The molecule has 0 atom stereocenters. The van der Waals surface area contributed by atoms with Gasteiger partial charge in [-0.2, -0.15) is 0 Å². The van der Waals surface area contributed by atoms with Crippen molar-refractivity contribution >= 4 is 114 Å². The monoisotopic (exact) mass is 706 g/mol. The maximum atomic E-state index is 2.63. The van der Waals surface area contributed by atoms with Gasteiger partial charge in [0.1, 0.15) is 0 Å². The first-order chi connectivity index (χ1) is 26.3. The molecule has 0 saturated carbocycles. The number of aromatic nitrogens is 1. The van der Waals surface area contributed by atoms with Crippen LogP contribution in [0.2, 0.25) is 0 Å². The van der Waals surface area contributed by atoms with Gasteiger partial charge in [0.05, 0.1) is 11.0 Å². The first-order valence-electron chi connectivity index (χ1n) is 18.2. The number of fused-ring (bicyclic) bond motifs is 14. The average molecular weight is 707 g/mol. The highest BCUT2D eigenvalue weighted by Crippen LogP contribution is 2.50. The van der Waals surface area contributed by atoms with Gasteiger partial charge in [0.15, 0.2) is 0 Å². The van der Waals surface area contributed by atoms with Crippen LogP contribution < -0.4 is 15.7 Å². The summed E-state index contributed by atoms with van der Waals surface area (Å²) >= 11 is 3.79. The number of nitrogens with zero attached hydrogens (tertiary/aromatic N) is 2. The fourth-order valence-corrected chi connectivity index (χ4v) is 11.9. The van der Waals surface area contributed by atoms with Crippen molar-refractivity contribution in [3.8, 4) is 27.9 Å². The zero-order valence-electron chi connectivity index (χ0n) is 28.4. The fourth-order valence-electron chi connectivity index (χ4n) is 9.60. The lowest BCUT2D eigenvalue weighted by molar-refractivity contribution is 1.18. The Hall–Kier alpha value is -6.14. The molecule has 0 spiro atoms. The molecule has 2 nitrogen and oxygen atoms in total. The molecular weight excluding hydrogens is 679 g/mol. The summed E-state index contributed by atoms with van der Waals surface area (Å²) in [5.41, 5.74) is 14.2. The Morgan fingerprint density at radius 3 is 1.92 bits per heavy atom. The summed E-state index contributed by atoms with van der Waals surface area (Å²) in [4.78, 5) is 2.63. The second kappa shape index (κ2) is 10.3. The van der Waals surface area contributed by atoms with E-state index in [-0.39, 0.29) is 6.85 Å². The molecule has 0 bridgehead atoms. The number of para-hydroxylation sites is 3.